The number of benzene rings is 2. The van der Waals surface area contributed by atoms with E-state index in [-0.39, 0.29) is 6.61 Å². The first-order valence-corrected chi connectivity index (χ1v) is 5.29. The minimum Gasteiger partial charge on any atom is -0.444 e. The van der Waals surface area contributed by atoms with Crippen LogP contribution in [0.2, 0.25) is 0 Å². The fourth-order valence-electron chi connectivity index (χ4n) is 1.34. The monoisotopic (exact) mass is 226 g/mol. The third-order valence-corrected chi connectivity index (χ3v) is 2.16. The third kappa shape index (κ3) is 3.65. The molecule has 0 aliphatic rings. The maximum Gasteiger partial charge on any atom is 0.411 e. The molecule has 1 amide bonds. The molecule has 0 fully saturated rings. The largest absolute Gasteiger partial charge is 0.444 e. The van der Waals surface area contributed by atoms with Crippen LogP contribution in [0.4, 0.5) is 10.5 Å². The molecule has 0 saturated heterocycles. The molecule has 0 aliphatic heterocycles. The van der Waals surface area contributed by atoms with Crippen LogP contribution >= 0.6 is 0 Å². The number of hydrogen-bond acceptors (Lipinski definition) is 2. The maximum atomic E-state index is 11.4. The number of rotatable bonds is 3. The molecule has 3 nitrogen and oxygen atoms in total. The summed E-state index contributed by atoms with van der Waals surface area (Å²) in [5, 5.41) is 2.60. The number of carbonyl (C=O) groups is 1. The Bertz CT molecular complexity index is 468. The number of hydrogen-bond donors (Lipinski definition) is 1. The van der Waals surface area contributed by atoms with Crippen LogP contribution < -0.4 is 5.32 Å². The fourth-order valence-corrected chi connectivity index (χ4v) is 1.34. The Kier molecular flexibility index (Phi) is 3.76. The van der Waals surface area contributed by atoms with Crippen molar-refractivity contribution in [2.45, 2.75) is 6.61 Å². The summed E-state index contributed by atoms with van der Waals surface area (Å²) in [5.41, 5.74) is 1.56. The summed E-state index contributed by atoms with van der Waals surface area (Å²) in [4.78, 5) is 11.4. The number of amides is 1. The van der Waals surface area contributed by atoms with Crippen molar-refractivity contribution in [2.75, 3.05) is 5.32 Å². The third-order valence-electron chi connectivity index (χ3n) is 2.16. The van der Waals surface area contributed by atoms with E-state index in [1.54, 1.807) is 12.1 Å². The van der Waals surface area contributed by atoms with Crippen LogP contribution in [-0.2, 0) is 11.3 Å². The molecule has 0 bridgehead atoms. The van der Waals surface area contributed by atoms with E-state index in [0.717, 1.165) is 5.56 Å². The molecule has 85 valence electrons. The summed E-state index contributed by atoms with van der Waals surface area (Å²) >= 11 is 0. The Morgan fingerprint density at radius 3 is 2.59 bits per heavy atom. The highest BCUT2D eigenvalue weighted by molar-refractivity contribution is 5.84. The fraction of sp³-hybridized carbons (Fsp3) is 0.0714. The van der Waals surface area contributed by atoms with E-state index >= 15 is 0 Å². The molecule has 1 N–H and O–H groups in total. The molecule has 0 atom stereocenters. The number of carbonyl (C=O) groups excluding carboxylic acids is 1. The molecule has 0 saturated carbocycles. The van der Waals surface area contributed by atoms with E-state index < -0.39 is 6.09 Å². The van der Waals surface area contributed by atoms with E-state index in [4.69, 9.17) is 4.74 Å². The van der Waals surface area contributed by atoms with Crippen LogP contribution in [-0.4, -0.2) is 6.09 Å². The molecule has 0 heterocycles. The quantitative estimate of drug-likeness (QED) is 0.872. The van der Waals surface area contributed by atoms with E-state index in [9.17, 15) is 4.79 Å². The number of ether oxygens (including phenoxy) is 1. The molecule has 0 unspecified atom stereocenters. The molecule has 2 rings (SSSR count). The standard InChI is InChI=1S/C14H12NO2/c16-14(15-13-9-5-2-6-10-13)17-11-12-7-3-1-4-8-12/h1-9H,11H2,(H,15,16). The molecule has 0 aromatic heterocycles. The lowest BCUT2D eigenvalue weighted by molar-refractivity contribution is 0.155. The van der Waals surface area contributed by atoms with Crippen LogP contribution in [0.3, 0.4) is 0 Å². The maximum absolute atomic E-state index is 11.4. The van der Waals surface area contributed by atoms with Gasteiger partial charge in [0.15, 0.2) is 0 Å². The van der Waals surface area contributed by atoms with E-state index in [2.05, 4.69) is 11.4 Å². The minimum absolute atomic E-state index is 0.263. The number of para-hydroxylation sites is 1. The molecule has 1 radical (unpaired) electrons. The zero-order valence-corrected chi connectivity index (χ0v) is 9.22. The SMILES string of the molecule is O=C(Nc1[c]cccc1)OCc1ccccc1. The molecule has 17 heavy (non-hydrogen) atoms. The second-order valence-electron chi connectivity index (χ2n) is 3.46. The average molecular weight is 226 g/mol. The lowest BCUT2D eigenvalue weighted by Gasteiger charge is -2.06. The van der Waals surface area contributed by atoms with Gasteiger partial charge < -0.3 is 4.74 Å². The van der Waals surface area contributed by atoms with E-state index in [0.29, 0.717) is 5.69 Å². The Morgan fingerprint density at radius 1 is 1.12 bits per heavy atom. The topological polar surface area (TPSA) is 38.3 Å². The van der Waals surface area contributed by atoms with Crippen molar-refractivity contribution in [3.05, 3.63) is 66.2 Å². The predicted octanol–water partition coefficient (Wildman–Crippen LogP) is 3.24. The average Bonchev–Trinajstić information content (AvgIpc) is 2.39. The van der Waals surface area contributed by atoms with Gasteiger partial charge in [-0.3, -0.25) is 5.32 Å². The first-order chi connectivity index (χ1) is 8.34. The predicted molar refractivity (Wildman–Crippen MR) is 65.5 cm³/mol. The zero-order valence-electron chi connectivity index (χ0n) is 9.22. The van der Waals surface area contributed by atoms with Crippen molar-refractivity contribution in [3.63, 3.8) is 0 Å². The van der Waals surface area contributed by atoms with Crippen LogP contribution in [0.15, 0.2) is 54.6 Å². The highest BCUT2D eigenvalue weighted by atomic mass is 16.5. The second kappa shape index (κ2) is 5.70. The molecule has 0 aliphatic carbocycles. The van der Waals surface area contributed by atoms with Crippen LogP contribution in [0, 0.1) is 6.07 Å². The highest BCUT2D eigenvalue weighted by Crippen LogP contribution is 2.06. The van der Waals surface area contributed by atoms with Gasteiger partial charge in [0, 0.05) is 6.07 Å². The van der Waals surface area contributed by atoms with E-state index in [1.807, 2.05) is 42.5 Å². The lowest BCUT2D eigenvalue weighted by Crippen LogP contribution is -2.13. The van der Waals surface area contributed by atoms with Crippen molar-refractivity contribution in [1.29, 1.82) is 0 Å². The van der Waals surface area contributed by atoms with Gasteiger partial charge in [0.1, 0.15) is 6.61 Å². The van der Waals surface area contributed by atoms with Crippen molar-refractivity contribution in [3.8, 4) is 0 Å². The normalized spacial score (nSPS) is 9.65. The lowest BCUT2D eigenvalue weighted by atomic mass is 10.2. The first kappa shape index (κ1) is 11.2. The van der Waals surface area contributed by atoms with Gasteiger partial charge in [0.05, 0.1) is 5.69 Å². The molecule has 2 aromatic carbocycles. The van der Waals surface area contributed by atoms with Gasteiger partial charge in [-0.1, -0.05) is 48.5 Å². The zero-order chi connectivity index (χ0) is 11.9. The van der Waals surface area contributed by atoms with Crippen molar-refractivity contribution >= 4 is 11.8 Å². The Morgan fingerprint density at radius 2 is 1.88 bits per heavy atom. The molecular weight excluding hydrogens is 214 g/mol. The van der Waals surface area contributed by atoms with Crippen LogP contribution in [0.5, 0.6) is 0 Å². The molecule has 0 spiro atoms. The second-order valence-corrected chi connectivity index (χ2v) is 3.46. The Hall–Kier alpha value is -2.29. The highest BCUT2D eigenvalue weighted by Gasteiger charge is 2.02. The summed E-state index contributed by atoms with van der Waals surface area (Å²) in [6, 6.07) is 19.6. The summed E-state index contributed by atoms with van der Waals surface area (Å²) in [5.74, 6) is 0. The smallest absolute Gasteiger partial charge is 0.411 e. The van der Waals surface area contributed by atoms with E-state index in [1.165, 1.54) is 0 Å². The van der Waals surface area contributed by atoms with Crippen molar-refractivity contribution in [1.82, 2.24) is 0 Å². The summed E-state index contributed by atoms with van der Waals surface area (Å²) < 4.78 is 5.06. The minimum atomic E-state index is -0.476. The summed E-state index contributed by atoms with van der Waals surface area (Å²) in [7, 11) is 0. The Balaban J connectivity index is 1.83. The summed E-state index contributed by atoms with van der Waals surface area (Å²) in [6.45, 7) is 0.263. The van der Waals surface area contributed by atoms with Crippen molar-refractivity contribution in [2.24, 2.45) is 0 Å². The van der Waals surface area contributed by atoms with Crippen LogP contribution in [0.1, 0.15) is 5.56 Å². The molecule has 2 aromatic rings. The summed E-state index contributed by atoms with van der Waals surface area (Å²) in [6.07, 6.45) is -0.476. The number of nitrogens with one attached hydrogen (secondary N) is 1. The van der Waals surface area contributed by atoms with Gasteiger partial charge in [-0.2, -0.15) is 0 Å². The van der Waals surface area contributed by atoms with Gasteiger partial charge in [-0.05, 0) is 11.6 Å². The number of anilines is 1. The van der Waals surface area contributed by atoms with Gasteiger partial charge in [0.2, 0.25) is 0 Å². The molecular formula is C14H12NO2. The molecule has 3 heteroatoms. The van der Waals surface area contributed by atoms with Gasteiger partial charge in [-0.25, -0.2) is 4.79 Å². The van der Waals surface area contributed by atoms with Gasteiger partial charge >= 0.3 is 6.09 Å². The van der Waals surface area contributed by atoms with Crippen molar-refractivity contribution < 1.29 is 9.53 Å². The Labute approximate surface area is 100 Å². The first-order valence-electron chi connectivity index (χ1n) is 5.29. The van der Waals surface area contributed by atoms with Gasteiger partial charge in [0.25, 0.3) is 0 Å². The van der Waals surface area contributed by atoms with Gasteiger partial charge in [-0.15, -0.1) is 0 Å². The van der Waals surface area contributed by atoms with Crippen LogP contribution in [0.25, 0.3) is 0 Å².